The maximum absolute atomic E-state index is 4.33. The van der Waals surface area contributed by atoms with Crippen LogP contribution in [-0.2, 0) is 6.54 Å². The molecular formula is C17H29N3. The van der Waals surface area contributed by atoms with Crippen LogP contribution in [0.15, 0.2) is 18.5 Å². The molecule has 0 spiro atoms. The van der Waals surface area contributed by atoms with E-state index in [9.17, 15) is 0 Å². The first-order chi connectivity index (χ1) is 9.58. The van der Waals surface area contributed by atoms with E-state index in [2.05, 4.69) is 49.0 Å². The number of nitrogens with zero attached hydrogens (tertiary/aromatic N) is 2. The summed E-state index contributed by atoms with van der Waals surface area (Å²) in [6.07, 6.45) is 6.42. The van der Waals surface area contributed by atoms with Crippen molar-refractivity contribution >= 4 is 0 Å². The van der Waals surface area contributed by atoms with E-state index in [1.165, 1.54) is 24.0 Å². The molecule has 1 aromatic rings. The summed E-state index contributed by atoms with van der Waals surface area (Å²) in [6.45, 7) is 12.3. The highest BCUT2D eigenvalue weighted by Crippen LogP contribution is 2.18. The monoisotopic (exact) mass is 275 g/mol. The summed E-state index contributed by atoms with van der Waals surface area (Å²) < 4.78 is 0. The lowest BCUT2D eigenvalue weighted by molar-refractivity contribution is 0.111. The molecule has 1 aromatic heterocycles. The summed E-state index contributed by atoms with van der Waals surface area (Å²) in [7, 11) is 0. The van der Waals surface area contributed by atoms with Gasteiger partial charge in [0, 0.05) is 44.1 Å². The summed E-state index contributed by atoms with van der Waals surface area (Å²) in [5.41, 5.74) is 2.60. The van der Waals surface area contributed by atoms with Crippen LogP contribution in [0.3, 0.4) is 0 Å². The Morgan fingerprint density at radius 3 is 2.85 bits per heavy atom. The molecule has 2 rings (SSSR count). The van der Waals surface area contributed by atoms with Gasteiger partial charge in [-0.25, -0.2) is 0 Å². The molecule has 1 fully saturated rings. The molecule has 0 bridgehead atoms. The van der Waals surface area contributed by atoms with Gasteiger partial charge < -0.3 is 5.32 Å². The van der Waals surface area contributed by atoms with Crippen molar-refractivity contribution in [3.8, 4) is 0 Å². The molecule has 112 valence electrons. The van der Waals surface area contributed by atoms with Gasteiger partial charge in [-0.2, -0.15) is 0 Å². The maximum Gasteiger partial charge on any atom is 0.0313 e. The van der Waals surface area contributed by atoms with Crippen molar-refractivity contribution in [3.05, 3.63) is 29.6 Å². The molecule has 0 aliphatic carbocycles. The number of aryl methyl sites for hydroxylation is 1. The van der Waals surface area contributed by atoms with Crippen molar-refractivity contribution in [1.82, 2.24) is 15.2 Å². The predicted octanol–water partition coefficient (Wildman–Crippen LogP) is 2.99. The zero-order chi connectivity index (χ0) is 14.5. The second-order valence-corrected chi connectivity index (χ2v) is 6.60. The Labute approximate surface area is 123 Å². The Morgan fingerprint density at radius 2 is 2.20 bits per heavy atom. The molecule has 3 nitrogen and oxygen atoms in total. The fourth-order valence-corrected chi connectivity index (χ4v) is 3.19. The van der Waals surface area contributed by atoms with Crippen molar-refractivity contribution in [1.29, 1.82) is 0 Å². The number of piperazine rings is 1. The smallest absolute Gasteiger partial charge is 0.0313 e. The zero-order valence-corrected chi connectivity index (χ0v) is 13.4. The third kappa shape index (κ3) is 4.29. The van der Waals surface area contributed by atoms with Crippen LogP contribution in [0.25, 0.3) is 0 Å². The molecule has 2 atom stereocenters. The van der Waals surface area contributed by atoms with Crippen LogP contribution in [0.4, 0.5) is 0 Å². The van der Waals surface area contributed by atoms with Gasteiger partial charge in [0.25, 0.3) is 0 Å². The first-order valence-corrected chi connectivity index (χ1v) is 7.96. The van der Waals surface area contributed by atoms with Crippen molar-refractivity contribution in [2.45, 2.75) is 59.2 Å². The van der Waals surface area contributed by atoms with E-state index in [0.29, 0.717) is 12.1 Å². The number of hydrogen-bond acceptors (Lipinski definition) is 3. The Balaban J connectivity index is 2.01. The average Bonchev–Trinajstić information content (AvgIpc) is 2.38. The van der Waals surface area contributed by atoms with Crippen LogP contribution in [0.1, 0.15) is 44.7 Å². The minimum Gasteiger partial charge on any atom is -0.311 e. The quantitative estimate of drug-likeness (QED) is 0.895. The van der Waals surface area contributed by atoms with E-state index in [1.54, 1.807) is 0 Å². The highest BCUT2D eigenvalue weighted by molar-refractivity contribution is 5.16. The molecule has 20 heavy (non-hydrogen) atoms. The van der Waals surface area contributed by atoms with Gasteiger partial charge in [-0.15, -0.1) is 0 Å². The molecule has 0 radical (unpaired) electrons. The highest BCUT2D eigenvalue weighted by Gasteiger charge is 2.27. The summed E-state index contributed by atoms with van der Waals surface area (Å²) in [5.74, 6) is 0.758. The minimum atomic E-state index is 0.635. The molecule has 3 heteroatoms. The molecule has 1 aliphatic heterocycles. The number of aromatic nitrogens is 1. The van der Waals surface area contributed by atoms with Crippen molar-refractivity contribution in [3.63, 3.8) is 0 Å². The van der Waals surface area contributed by atoms with Gasteiger partial charge in [0.1, 0.15) is 0 Å². The Morgan fingerprint density at radius 1 is 1.40 bits per heavy atom. The Bertz CT molecular complexity index is 416. The molecule has 0 saturated carbocycles. The molecule has 2 heterocycles. The van der Waals surface area contributed by atoms with Crippen LogP contribution in [0, 0.1) is 12.8 Å². The second-order valence-electron chi connectivity index (χ2n) is 6.60. The summed E-state index contributed by atoms with van der Waals surface area (Å²) >= 11 is 0. The predicted molar refractivity (Wildman–Crippen MR) is 84.7 cm³/mol. The van der Waals surface area contributed by atoms with Gasteiger partial charge in [-0.05, 0) is 36.8 Å². The molecular weight excluding hydrogens is 246 g/mol. The van der Waals surface area contributed by atoms with Crippen molar-refractivity contribution in [2.75, 3.05) is 13.1 Å². The number of nitrogens with one attached hydrogen (secondary N) is 1. The van der Waals surface area contributed by atoms with Crippen LogP contribution in [-0.4, -0.2) is 35.1 Å². The normalized spacial score (nSPS) is 24.2. The third-order valence-corrected chi connectivity index (χ3v) is 4.16. The molecule has 0 amide bonds. The van der Waals surface area contributed by atoms with E-state index >= 15 is 0 Å². The van der Waals surface area contributed by atoms with E-state index in [1.807, 2.05) is 12.4 Å². The number of hydrogen-bond donors (Lipinski definition) is 1. The minimum absolute atomic E-state index is 0.635. The zero-order valence-electron chi connectivity index (χ0n) is 13.4. The molecule has 2 unspecified atom stereocenters. The van der Waals surface area contributed by atoms with Gasteiger partial charge in [-0.3, -0.25) is 9.88 Å². The topological polar surface area (TPSA) is 28.2 Å². The van der Waals surface area contributed by atoms with E-state index in [4.69, 9.17) is 0 Å². The van der Waals surface area contributed by atoms with Gasteiger partial charge in [0.05, 0.1) is 0 Å². The van der Waals surface area contributed by atoms with Crippen molar-refractivity contribution in [2.24, 2.45) is 5.92 Å². The Hall–Kier alpha value is -0.930. The SMILES string of the molecule is CCC1CNC(CC(C)C)CN1Cc1cncc(C)c1. The summed E-state index contributed by atoms with van der Waals surface area (Å²) in [4.78, 5) is 6.96. The highest BCUT2D eigenvalue weighted by atomic mass is 15.2. The summed E-state index contributed by atoms with van der Waals surface area (Å²) in [5, 5.41) is 3.72. The molecule has 1 aliphatic rings. The first kappa shape index (κ1) is 15.5. The second kappa shape index (κ2) is 7.19. The first-order valence-electron chi connectivity index (χ1n) is 7.96. The molecule has 1 N–H and O–H groups in total. The molecule has 1 saturated heterocycles. The van der Waals surface area contributed by atoms with E-state index < -0.39 is 0 Å². The van der Waals surface area contributed by atoms with Crippen LogP contribution in [0.2, 0.25) is 0 Å². The largest absolute Gasteiger partial charge is 0.311 e. The Kier molecular flexibility index (Phi) is 5.55. The van der Waals surface area contributed by atoms with Crippen LogP contribution < -0.4 is 5.32 Å². The lowest BCUT2D eigenvalue weighted by Gasteiger charge is -2.40. The van der Waals surface area contributed by atoms with Gasteiger partial charge in [0.15, 0.2) is 0 Å². The number of rotatable bonds is 5. The van der Waals surface area contributed by atoms with Crippen molar-refractivity contribution < 1.29 is 0 Å². The number of pyridine rings is 1. The van der Waals surface area contributed by atoms with Gasteiger partial charge >= 0.3 is 0 Å². The van der Waals surface area contributed by atoms with E-state index in [0.717, 1.165) is 25.6 Å². The van der Waals surface area contributed by atoms with Crippen LogP contribution in [0.5, 0.6) is 0 Å². The lowest BCUT2D eigenvalue weighted by atomic mass is 9.98. The van der Waals surface area contributed by atoms with Gasteiger partial charge in [-0.1, -0.05) is 26.8 Å². The fraction of sp³-hybridized carbons (Fsp3) is 0.706. The lowest BCUT2D eigenvalue weighted by Crippen LogP contribution is -2.56. The van der Waals surface area contributed by atoms with Gasteiger partial charge in [0.2, 0.25) is 0 Å². The van der Waals surface area contributed by atoms with E-state index in [-0.39, 0.29) is 0 Å². The van der Waals surface area contributed by atoms with Crippen LogP contribution >= 0.6 is 0 Å². The summed E-state index contributed by atoms with van der Waals surface area (Å²) in [6, 6.07) is 3.55. The average molecular weight is 275 g/mol. The standard InChI is InChI=1S/C17H29N3/c1-5-17-10-19-16(6-13(2)3)12-20(17)11-15-7-14(4)8-18-9-15/h7-9,13,16-17,19H,5-6,10-12H2,1-4H3. The molecule has 0 aromatic carbocycles. The third-order valence-electron chi connectivity index (χ3n) is 4.16. The maximum atomic E-state index is 4.33. The fourth-order valence-electron chi connectivity index (χ4n) is 3.19.